The van der Waals surface area contributed by atoms with E-state index in [0.717, 1.165) is 0 Å². The summed E-state index contributed by atoms with van der Waals surface area (Å²) in [6, 6.07) is 5.37. The number of rotatable bonds is 3. The van der Waals surface area contributed by atoms with Crippen molar-refractivity contribution in [1.29, 1.82) is 0 Å². The van der Waals surface area contributed by atoms with Crippen LogP contribution >= 0.6 is 0 Å². The van der Waals surface area contributed by atoms with E-state index in [1.165, 1.54) is 0 Å². The van der Waals surface area contributed by atoms with Crippen LogP contribution < -0.4 is 0 Å². The van der Waals surface area contributed by atoms with Gasteiger partial charge in [0, 0.05) is 6.20 Å². The molecule has 2 aromatic heterocycles. The summed E-state index contributed by atoms with van der Waals surface area (Å²) in [4.78, 5) is 27.5. The van der Waals surface area contributed by atoms with Crippen molar-refractivity contribution in [3.05, 3.63) is 35.8 Å². The van der Waals surface area contributed by atoms with Gasteiger partial charge in [0.1, 0.15) is 11.3 Å². The highest BCUT2D eigenvalue weighted by Gasteiger charge is 2.24. The molecule has 0 aromatic carbocycles. The monoisotopic (exact) mass is 232 g/mol. The summed E-state index contributed by atoms with van der Waals surface area (Å²) in [7, 11) is 0. The van der Waals surface area contributed by atoms with Crippen LogP contribution in [0.1, 0.15) is 23.1 Å². The Morgan fingerprint density at radius 3 is 2.88 bits per heavy atom. The molecule has 0 saturated carbocycles. The molecule has 2 heterocycles. The van der Waals surface area contributed by atoms with Crippen molar-refractivity contribution in [3.8, 4) is 0 Å². The van der Waals surface area contributed by atoms with Gasteiger partial charge < -0.3 is 4.74 Å². The second-order valence-electron chi connectivity index (χ2n) is 3.52. The highest BCUT2D eigenvalue weighted by atomic mass is 16.5. The molecule has 0 unspecified atom stereocenters. The van der Waals surface area contributed by atoms with E-state index < -0.39 is 11.8 Å². The molecule has 0 aliphatic carbocycles. The largest absolute Gasteiger partial charge is 0.460 e. The topological polar surface area (TPSA) is 60.7 Å². The lowest BCUT2D eigenvalue weighted by Crippen LogP contribution is -2.20. The molecule has 2 rings (SSSR count). The summed E-state index contributed by atoms with van der Waals surface area (Å²) in [5.41, 5.74) is 1.42. The van der Waals surface area contributed by atoms with E-state index in [1.807, 2.05) is 6.07 Å². The van der Waals surface area contributed by atoms with E-state index in [4.69, 9.17) is 4.74 Å². The number of nitrogens with zero attached hydrogens (tertiary/aromatic N) is 2. The smallest absolute Gasteiger partial charge is 0.381 e. The molecular weight excluding hydrogens is 220 g/mol. The molecule has 0 atom stereocenters. The van der Waals surface area contributed by atoms with Crippen LogP contribution in [0.25, 0.3) is 5.65 Å². The molecule has 2 aromatic rings. The van der Waals surface area contributed by atoms with Gasteiger partial charge in [0.25, 0.3) is 5.78 Å². The molecule has 5 nitrogen and oxygen atoms in total. The van der Waals surface area contributed by atoms with Crippen molar-refractivity contribution in [3.63, 3.8) is 0 Å². The zero-order valence-electron chi connectivity index (χ0n) is 9.64. The predicted octanol–water partition coefficient (Wildman–Crippen LogP) is 1.39. The third kappa shape index (κ3) is 1.91. The van der Waals surface area contributed by atoms with Gasteiger partial charge in [-0.2, -0.15) is 0 Å². The van der Waals surface area contributed by atoms with E-state index in [1.54, 1.807) is 36.6 Å². The van der Waals surface area contributed by atoms with Crippen LogP contribution in [-0.4, -0.2) is 27.7 Å². The minimum atomic E-state index is -0.846. The number of hydrogen-bond donors (Lipinski definition) is 0. The quantitative estimate of drug-likeness (QED) is 0.456. The number of fused-ring (bicyclic) bond motifs is 1. The molecule has 17 heavy (non-hydrogen) atoms. The molecule has 5 heteroatoms. The first-order valence-corrected chi connectivity index (χ1v) is 5.30. The van der Waals surface area contributed by atoms with Crippen molar-refractivity contribution in [2.24, 2.45) is 0 Å². The van der Waals surface area contributed by atoms with Crippen molar-refractivity contribution in [2.45, 2.75) is 13.8 Å². The van der Waals surface area contributed by atoms with E-state index in [2.05, 4.69) is 4.98 Å². The fourth-order valence-corrected chi connectivity index (χ4v) is 1.68. The van der Waals surface area contributed by atoms with Crippen LogP contribution in [0.15, 0.2) is 24.4 Å². The summed E-state index contributed by atoms with van der Waals surface area (Å²) in [5.74, 6) is -1.51. The van der Waals surface area contributed by atoms with Crippen LogP contribution in [0.4, 0.5) is 0 Å². The molecule has 88 valence electrons. The molecule has 0 aliphatic rings. The number of carbonyl (C=O) groups is 2. The Hall–Kier alpha value is -2.17. The summed E-state index contributed by atoms with van der Waals surface area (Å²) >= 11 is 0. The maximum atomic E-state index is 11.9. The Morgan fingerprint density at radius 2 is 2.18 bits per heavy atom. The maximum absolute atomic E-state index is 11.9. The van der Waals surface area contributed by atoms with Gasteiger partial charge in [-0.05, 0) is 26.0 Å². The second kappa shape index (κ2) is 4.37. The van der Waals surface area contributed by atoms with E-state index in [9.17, 15) is 9.59 Å². The molecule has 0 N–H and O–H groups in total. The number of aryl methyl sites for hydroxylation is 1. The number of pyridine rings is 1. The average Bonchev–Trinajstić information content (AvgIpc) is 2.64. The molecule has 0 fully saturated rings. The van der Waals surface area contributed by atoms with Crippen LogP contribution in [0.5, 0.6) is 0 Å². The molecule has 0 amide bonds. The molecule has 0 saturated heterocycles. The first-order valence-electron chi connectivity index (χ1n) is 5.30. The minimum Gasteiger partial charge on any atom is -0.460 e. The standard InChI is InChI=1S/C12H12N2O3/c1-3-17-12(16)11(15)10-8(2)13-9-6-4-5-7-14(9)10/h4-7H,3H2,1-2H3. The molecular formula is C12H12N2O3. The highest BCUT2D eigenvalue weighted by molar-refractivity contribution is 6.40. The highest BCUT2D eigenvalue weighted by Crippen LogP contribution is 2.12. The summed E-state index contributed by atoms with van der Waals surface area (Å²) in [6.45, 7) is 3.53. The van der Waals surface area contributed by atoms with Crippen molar-refractivity contribution in [1.82, 2.24) is 9.38 Å². The van der Waals surface area contributed by atoms with Gasteiger partial charge in [0.15, 0.2) is 0 Å². The Labute approximate surface area is 98.0 Å². The summed E-state index contributed by atoms with van der Waals surface area (Å²) < 4.78 is 6.29. The molecule has 0 radical (unpaired) electrons. The first kappa shape index (κ1) is 11.3. The van der Waals surface area contributed by atoms with Crippen molar-refractivity contribution < 1.29 is 14.3 Å². The number of imidazole rings is 1. The lowest BCUT2D eigenvalue weighted by atomic mass is 10.2. The molecule has 0 spiro atoms. The van der Waals surface area contributed by atoms with Crippen LogP contribution in [0.2, 0.25) is 0 Å². The number of ether oxygens (including phenoxy) is 1. The lowest BCUT2D eigenvalue weighted by molar-refractivity contribution is -0.137. The van der Waals surface area contributed by atoms with Gasteiger partial charge in [0.05, 0.1) is 12.3 Å². The number of esters is 1. The van der Waals surface area contributed by atoms with E-state index in [0.29, 0.717) is 11.3 Å². The normalized spacial score (nSPS) is 10.5. The fourth-order valence-electron chi connectivity index (χ4n) is 1.68. The minimum absolute atomic E-state index is 0.181. The number of ketones is 1. The van der Waals surface area contributed by atoms with Crippen LogP contribution in [0, 0.1) is 6.92 Å². The third-order valence-electron chi connectivity index (χ3n) is 2.38. The van der Waals surface area contributed by atoms with Gasteiger partial charge >= 0.3 is 5.97 Å². The predicted molar refractivity (Wildman–Crippen MR) is 60.9 cm³/mol. The zero-order valence-corrected chi connectivity index (χ0v) is 9.64. The molecule has 0 bridgehead atoms. The zero-order chi connectivity index (χ0) is 12.4. The third-order valence-corrected chi connectivity index (χ3v) is 2.38. The average molecular weight is 232 g/mol. The van der Waals surface area contributed by atoms with Gasteiger partial charge in [-0.3, -0.25) is 9.20 Å². The second-order valence-corrected chi connectivity index (χ2v) is 3.52. The number of carbonyl (C=O) groups excluding carboxylic acids is 2. The van der Waals surface area contributed by atoms with Gasteiger partial charge in [-0.25, -0.2) is 9.78 Å². The number of aromatic nitrogens is 2. The Balaban J connectivity index is 2.51. The van der Waals surface area contributed by atoms with E-state index >= 15 is 0 Å². The van der Waals surface area contributed by atoms with E-state index in [-0.39, 0.29) is 12.3 Å². The van der Waals surface area contributed by atoms with Crippen molar-refractivity contribution in [2.75, 3.05) is 6.61 Å². The Bertz CT molecular complexity index is 586. The summed E-state index contributed by atoms with van der Waals surface area (Å²) in [5, 5.41) is 0. The van der Waals surface area contributed by atoms with Gasteiger partial charge in [-0.15, -0.1) is 0 Å². The number of Topliss-reactive ketones (excluding diaryl/α,β-unsaturated/α-hetero) is 1. The van der Waals surface area contributed by atoms with Crippen LogP contribution in [0.3, 0.4) is 0 Å². The summed E-state index contributed by atoms with van der Waals surface area (Å²) in [6.07, 6.45) is 1.70. The Morgan fingerprint density at radius 1 is 1.41 bits per heavy atom. The SMILES string of the molecule is CCOC(=O)C(=O)c1c(C)nc2ccccn12. The first-order chi connectivity index (χ1) is 8.15. The van der Waals surface area contributed by atoms with Crippen LogP contribution in [-0.2, 0) is 9.53 Å². The lowest BCUT2D eigenvalue weighted by Gasteiger charge is -2.01. The fraction of sp³-hybridized carbons (Fsp3) is 0.250. The van der Waals surface area contributed by atoms with Gasteiger partial charge in [0.2, 0.25) is 0 Å². The maximum Gasteiger partial charge on any atom is 0.381 e. The molecule has 0 aliphatic heterocycles. The number of hydrogen-bond acceptors (Lipinski definition) is 4. The van der Waals surface area contributed by atoms with Crippen molar-refractivity contribution >= 4 is 17.4 Å². The Kier molecular flexibility index (Phi) is 2.91. The van der Waals surface area contributed by atoms with Gasteiger partial charge in [-0.1, -0.05) is 6.07 Å².